The zero-order valence-corrected chi connectivity index (χ0v) is 23.4. The first-order valence-electron chi connectivity index (χ1n) is 12.9. The van der Waals surface area contributed by atoms with Gasteiger partial charge in [-0.1, -0.05) is 56.6 Å². The Kier molecular flexibility index (Phi) is 8.77. The van der Waals surface area contributed by atoms with Crippen LogP contribution in [0.1, 0.15) is 62.7 Å². The summed E-state index contributed by atoms with van der Waals surface area (Å²) in [5, 5.41) is 6.13. The van der Waals surface area contributed by atoms with Crippen molar-refractivity contribution in [2.75, 3.05) is 11.4 Å². The number of amides is 3. The van der Waals surface area contributed by atoms with E-state index in [2.05, 4.69) is 31.4 Å². The topological polar surface area (TPSA) is 101 Å². The number of carbonyl (C=O) groups excluding carboxylic acids is 3. The van der Waals surface area contributed by atoms with Gasteiger partial charge in [-0.25, -0.2) is 0 Å². The van der Waals surface area contributed by atoms with Crippen LogP contribution >= 0.6 is 11.6 Å². The highest BCUT2D eigenvalue weighted by Crippen LogP contribution is 2.41. The van der Waals surface area contributed by atoms with E-state index >= 15 is 0 Å². The third kappa shape index (κ3) is 7.49. The third-order valence-electron chi connectivity index (χ3n) is 6.24. The second kappa shape index (κ2) is 12.1. The van der Waals surface area contributed by atoms with Crippen molar-refractivity contribution >= 4 is 35.0 Å². The van der Waals surface area contributed by atoms with Gasteiger partial charge >= 0.3 is 0 Å². The molecule has 0 fully saturated rings. The summed E-state index contributed by atoms with van der Waals surface area (Å²) in [5.74, 6) is -0.143. The molecule has 1 aliphatic rings. The minimum atomic E-state index is -1.04. The Balaban J connectivity index is 1.72. The van der Waals surface area contributed by atoms with Crippen molar-refractivity contribution in [3.05, 3.63) is 88.3 Å². The van der Waals surface area contributed by atoms with Crippen molar-refractivity contribution < 1.29 is 23.5 Å². The summed E-state index contributed by atoms with van der Waals surface area (Å²) in [5.41, 5.74) is 2.86. The smallest absolute Gasteiger partial charge is 0.256 e. The van der Waals surface area contributed by atoms with Gasteiger partial charge in [0, 0.05) is 36.3 Å². The molecule has 2 unspecified atom stereocenters. The highest BCUT2D eigenvalue weighted by Gasteiger charge is 2.39. The van der Waals surface area contributed by atoms with Crippen molar-refractivity contribution in [3.63, 3.8) is 0 Å². The van der Waals surface area contributed by atoms with Crippen molar-refractivity contribution in [2.24, 2.45) is 5.41 Å². The summed E-state index contributed by atoms with van der Waals surface area (Å²) in [6.07, 6.45) is -0.340. The highest BCUT2D eigenvalue weighted by molar-refractivity contribution is 6.30. The molecule has 0 aliphatic carbocycles. The molecule has 2 aromatic carbocycles. The Morgan fingerprint density at radius 3 is 2.51 bits per heavy atom. The van der Waals surface area contributed by atoms with Crippen LogP contribution in [-0.4, -0.2) is 30.4 Å². The van der Waals surface area contributed by atoms with E-state index in [4.69, 9.17) is 20.8 Å². The van der Waals surface area contributed by atoms with E-state index in [9.17, 15) is 14.4 Å². The second-order valence-electron chi connectivity index (χ2n) is 10.9. The number of benzene rings is 2. The van der Waals surface area contributed by atoms with Crippen molar-refractivity contribution in [3.8, 4) is 0 Å². The molecule has 0 saturated carbocycles. The summed E-state index contributed by atoms with van der Waals surface area (Å²) < 4.78 is 11.8. The molecule has 3 aromatic rings. The molecule has 9 heteroatoms. The molecule has 1 aliphatic heterocycles. The fourth-order valence-electron chi connectivity index (χ4n) is 4.53. The monoisotopic (exact) mass is 551 g/mol. The van der Waals surface area contributed by atoms with Gasteiger partial charge in [-0.3, -0.25) is 14.4 Å². The molecule has 39 heavy (non-hydrogen) atoms. The van der Waals surface area contributed by atoms with Crippen LogP contribution in [0.4, 0.5) is 5.69 Å². The Morgan fingerprint density at radius 1 is 1.03 bits per heavy atom. The Labute approximate surface area is 233 Å². The first kappa shape index (κ1) is 28.4. The quantitative estimate of drug-likeness (QED) is 0.403. The van der Waals surface area contributed by atoms with Gasteiger partial charge in [0.05, 0.1) is 19.2 Å². The maximum atomic E-state index is 14.0. The van der Waals surface area contributed by atoms with Gasteiger partial charge in [-0.15, -0.1) is 0 Å². The Hall–Kier alpha value is -3.62. The van der Waals surface area contributed by atoms with Crippen LogP contribution in [0.3, 0.4) is 0 Å². The molecule has 8 nitrogen and oxygen atoms in total. The van der Waals surface area contributed by atoms with Crippen LogP contribution in [0, 0.1) is 5.41 Å². The van der Waals surface area contributed by atoms with E-state index in [1.165, 1.54) is 13.2 Å². The predicted octanol–water partition coefficient (Wildman–Crippen LogP) is 5.14. The molecule has 0 spiro atoms. The number of furan rings is 1. The van der Waals surface area contributed by atoms with Gasteiger partial charge in [-0.05, 0) is 46.9 Å². The summed E-state index contributed by atoms with van der Waals surface area (Å²) in [4.78, 5) is 40.1. The average Bonchev–Trinajstić information content (AvgIpc) is 3.37. The fourth-order valence-corrected chi connectivity index (χ4v) is 4.71. The number of anilines is 1. The molecule has 2 heterocycles. The molecule has 2 N–H and O–H groups in total. The van der Waals surface area contributed by atoms with E-state index in [-0.39, 0.29) is 36.1 Å². The minimum Gasteiger partial charge on any atom is -0.467 e. The normalized spacial score (nSPS) is 17.4. The summed E-state index contributed by atoms with van der Waals surface area (Å²) in [6.45, 7) is 8.60. The van der Waals surface area contributed by atoms with Crippen LogP contribution in [-0.2, 0) is 32.2 Å². The van der Waals surface area contributed by atoms with Gasteiger partial charge in [0.15, 0.2) is 0 Å². The second-order valence-corrected chi connectivity index (χ2v) is 11.3. The standard InChI is InChI=1S/C30H34ClN3O5/c1-19(35)32-16-20-7-5-8-21(13-20)28-24-14-22(31)10-11-25(24)34(18-30(2,3)4)29(37)26(39-28)15-27(36)33-17-23-9-6-12-38-23/h5-14,26,28H,15-18H2,1-4H3,(H,32,35)(H,33,36). The number of halogens is 1. The summed E-state index contributed by atoms with van der Waals surface area (Å²) >= 11 is 6.45. The summed E-state index contributed by atoms with van der Waals surface area (Å²) in [6, 6.07) is 16.5. The van der Waals surface area contributed by atoms with Crippen LogP contribution < -0.4 is 15.5 Å². The molecule has 206 valence electrons. The lowest BCUT2D eigenvalue weighted by molar-refractivity contribution is -0.138. The number of nitrogens with zero attached hydrogens (tertiary/aromatic N) is 1. The van der Waals surface area contributed by atoms with E-state index < -0.39 is 12.2 Å². The van der Waals surface area contributed by atoms with E-state index in [1.807, 2.05) is 36.4 Å². The van der Waals surface area contributed by atoms with Crippen molar-refractivity contribution in [1.82, 2.24) is 10.6 Å². The van der Waals surface area contributed by atoms with E-state index in [0.717, 1.165) is 16.7 Å². The first-order chi connectivity index (χ1) is 18.5. The average molecular weight is 552 g/mol. The molecular formula is C30H34ClN3O5. The van der Waals surface area contributed by atoms with Crippen LogP contribution in [0.2, 0.25) is 5.02 Å². The molecule has 4 rings (SSSR count). The van der Waals surface area contributed by atoms with E-state index in [0.29, 0.717) is 29.6 Å². The number of carbonyl (C=O) groups is 3. The number of hydrogen-bond donors (Lipinski definition) is 2. The van der Waals surface area contributed by atoms with Crippen molar-refractivity contribution in [2.45, 2.75) is 59.4 Å². The van der Waals surface area contributed by atoms with Crippen LogP contribution in [0.25, 0.3) is 0 Å². The summed E-state index contributed by atoms with van der Waals surface area (Å²) in [7, 11) is 0. The Bertz CT molecular complexity index is 1330. The lowest BCUT2D eigenvalue weighted by atomic mass is 9.94. The molecule has 0 saturated heterocycles. The van der Waals surface area contributed by atoms with Gasteiger partial charge in [0.25, 0.3) is 5.91 Å². The zero-order valence-electron chi connectivity index (χ0n) is 22.6. The minimum absolute atomic E-state index is 0.132. The molecule has 2 atom stereocenters. The van der Waals surface area contributed by atoms with Crippen molar-refractivity contribution in [1.29, 1.82) is 0 Å². The largest absolute Gasteiger partial charge is 0.467 e. The maximum absolute atomic E-state index is 14.0. The number of rotatable bonds is 8. The zero-order chi connectivity index (χ0) is 28.2. The van der Waals surface area contributed by atoms with Gasteiger partial charge in [0.1, 0.15) is 18.0 Å². The first-order valence-corrected chi connectivity index (χ1v) is 13.3. The highest BCUT2D eigenvalue weighted by atomic mass is 35.5. The number of ether oxygens (including phenoxy) is 1. The number of nitrogens with one attached hydrogen (secondary N) is 2. The maximum Gasteiger partial charge on any atom is 0.256 e. The Morgan fingerprint density at radius 2 is 1.82 bits per heavy atom. The van der Waals surface area contributed by atoms with E-state index in [1.54, 1.807) is 23.1 Å². The van der Waals surface area contributed by atoms with Gasteiger partial charge in [-0.2, -0.15) is 0 Å². The number of hydrogen-bond acceptors (Lipinski definition) is 5. The van der Waals surface area contributed by atoms with Gasteiger partial charge < -0.3 is 24.7 Å². The number of fused-ring (bicyclic) bond motifs is 1. The molecule has 0 radical (unpaired) electrons. The lowest BCUT2D eigenvalue weighted by Gasteiger charge is -2.31. The molecule has 3 amide bonds. The van der Waals surface area contributed by atoms with Crippen LogP contribution in [0.15, 0.2) is 65.3 Å². The molecule has 0 bridgehead atoms. The fraction of sp³-hybridized carbons (Fsp3) is 0.367. The predicted molar refractivity (Wildman–Crippen MR) is 149 cm³/mol. The molecule has 1 aromatic heterocycles. The van der Waals surface area contributed by atoms with Gasteiger partial charge in [0.2, 0.25) is 11.8 Å². The SMILES string of the molecule is CC(=O)NCc1cccc(C2OC(CC(=O)NCc3ccco3)C(=O)N(CC(C)(C)C)c3ccc(Cl)cc32)c1. The molecular weight excluding hydrogens is 518 g/mol. The third-order valence-corrected chi connectivity index (χ3v) is 6.48. The van der Waals surface area contributed by atoms with Crippen LogP contribution in [0.5, 0.6) is 0 Å². The lowest BCUT2D eigenvalue weighted by Crippen LogP contribution is -2.45.